The number of aryl methyl sites for hydroxylation is 2. The summed E-state index contributed by atoms with van der Waals surface area (Å²) in [5.41, 5.74) is 4.29. The normalized spacial score (nSPS) is 15.4. The Hall–Kier alpha value is -2.38. The Morgan fingerprint density at radius 3 is 2.44 bits per heavy atom. The van der Waals surface area contributed by atoms with Gasteiger partial charge in [-0.05, 0) is 55.8 Å². The van der Waals surface area contributed by atoms with E-state index in [1.54, 1.807) is 31.4 Å². The molecule has 1 saturated heterocycles. The molecule has 0 bridgehead atoms. The summed E-state index contributed by atoms with van der Waals surface area (Å²) in [6.45, 7) is 7.99. The van der Waals surface area contributed by atoms with Gasteiger partial charge in [-0.2, -0.15) is 0 Å². The van der Waals surface area contributed by atoms with Crippen molar-refractivity contribution in [1.29, 1.82) is 0 Å². The summed E-state index contributed by atoms with van der Waals surface area (Å²) in [6.07, 6.45) is -0.586. The molecule has 0 radical (unpaired) electrons. The SMILES string of the molecule is COc1ccc(C(=O)c2c(C)c3cc(C)ccc3n2CC(O)CN2CCOCC2)cc1.[Cl-]. The first-order chi connectivity index (χ1) is 15.0. The third kappa shape index (κ3) is 4.99. The fourth-order valence-corrected chi connectivity index (χ4v) is 4.35. The Bertz CT molecular complexity index is 1070. The van der Waals surface area contributed by atoms with Gasteiger partial charge in [-0.1, -0.05) is 11.6 Å². The van der Waals surface area contributed by atoms with E-state index in [1.807, 2.05) is 23.6 Å². The molecule has 2 heterocycles. The van der Waals surface area contributed by atoms with Gasteiger partial charge in [-0.25, -0.2) is 0 Å². The number of fused-ring (bicyclic) bond motifs is 1. The molecule has 0 amide bonds. The van der Waals surface area contributed by atoms with Gasteiger partial charge in [-0.3, -0.25) is 9.69 Å². The van der Waals surface area contributed by atoms with Crippen molar-refractivity contribution in [2.24, 2.45) is 0 Å². The lowest BCUT2D eigenvalue weighted by Crippen LogP contribution is -3.00. The van der Waals surface area contributed by atoms with Crippen LogP contribution in [0.1, 0.15) is 27.2 Å². The molecule has 1 aromatic heterocycles. The molecule has 1 N–H and O–H groups in total. The summed E-state index contributed by atoms with van der Waals surface area (Å²) >= 11 is 0. The van der Waals surface area contributed by atoms with Crippen LogP contribution in [0.5, 0.6) is 5.75 Å². The van der Waals surface area contributed by atoms with E-state index in [9.17, 15) is 9.90 Å². The second kappa shape index (κ2) is 10.5. The summed E-state index contributed by atoms with van der Waals surface area (Å²) in [5, 5.41) is 11.9. The summed E-state index contributed by atoms with van der Waals surface area (Å²) < 4.78 is 12.6. The highest BCUT2D eigenvalue weighted by Crippen LogP contribution is 2.29. The van der Waals surface area contributed by atoms with Crippen molar-refractivity contribution in [3.63, 3.8) is 0 Å². The van der Waals surface area contributed by atoms with Gasteiger partial charge in [0.05, 0.1) is 38.7 Å². The molecule has 4 rings (SSSR count). The molecule has 1 aliphatic rings. The second-order valence-electron chi connectivity index (χ2n) is 8.23. The summed E-state index contributed by atoms with van der Waals surface area (Å²) in [5.74, 6) is 0.665. The number of nitrogens with zero attached hydrogens (tertiary/aromatic N) is 2. The number of aromatic nitrogens is 1. The van der Waals surface area contributed by atoms with E-state index >= 15 is 0 Å². The number of rotatable bonds is 7. The van der Waals surface area contributed by atoms with E-state index in [4.69, 9.17) is 9.47 Å². The Balaban J connectivity index is 0.00000289. The van der Waals surface area contributed by atoms with Crippen molar-refractivity contribution >= 4 is 16.7 Å². The highest BCUT2D eigenvalue weighted by molar-refractivity contribution is 6.12. The lowest BCUT2D eigenvalue weighted by atomic mass is 10.0. The van der Waals surface area contributed by atoms with Crippen molar-refractivity contribution in [2.75, 3.05) is 40.0 Å². The average Bonchev–Trinajstić information content (AvgIpc) is 3.04. The third-order valence-corrected chi connectivity index (χ3v) is 6.01. The number of carbonyl (C=O) groups is 1. The number of hydrogen-bond donors (Lipinski definition) is 1. The van der Waals surface area contributed by atoms with Crippen LogP contribution in [0.15, 0.2) is 42.5 Å². The van der Waals surface area contributed by atoms with Crippen molar-refractivity contribution < 1.29 is 31.8 Å². The van der Waals surface area contributed by atoms with Crippen LogP contribution < -0.4 is 17.1 Å². The molecular weight excluding hydrogens is 428 g/mol. The molecule has 1 aliphatic heterocycles. The first-order valence-electron chi connectivity index (χ1n) is 10.7. The van der Waals surface area contributed by atoms with Crippen LogP contribution in [0, 0.1) is 13.8 Å². The van der Waals surface area contributed by atoms with E-state index in [0.717, 1.165) is 35.1 Å². The maximum Gasteiger partial charge on any atom is 0.209 e. The predicted octanol–water partition coefficient (Wildman–Crippen LogP) is 0.195. The monoisotopic (exact) mass is 457 g/mol. The maximum absolute atomic E-state index is 13.5. The van der Waals surface area contributed by atoms with Gasteiger partial charge in [0.2, 0.25) is 5.78 Å². The predicted molar refractivity (Wildman–Crippen MR) is 121 cm³/mol. The number of ether oxygens (including phenoxy) is 2. The van der Waals surface area contributed by atoms with Crippen LogP contribution in [0.3, 0.4) is 0 Å². The number of hydrogen-bond acceptors (Lipinski definition) is 5. The zero-order chi connectivity index (χ0) is 22.0. The van der Waals surface area contributed by atoms with E-state index in [2.05, 4.69) is 17.9 Å². The Labute approximate surface area is 195 Å². The second-order valence-corrected chi connectivity index (χ2v) is 8.23. The van der Waals surface area contributed by atoms with Gasteiger partial charge < -0.3 is 31.6 Å². The standard InChI is InChI=1S/C25H30N2O4.ClH/c1-17-4-9-23-22(14-17)18(2)24(25(29)19-5-7-21(30-3)8-6-19)27(23)16-20(28)15-26-10-12-31-13-11-26;/h4-9,14,20,28H,10-13,15-16H2,1-3H3;1H/p-1. The van der Waals surface area contributed by atoms with Crippen LogP contribution in [-0.4, -0.2) is 66.4 Å². The topological polar surface area (TPSA) is 63.9 Å². The Morgan fingerprint density at radius 1 is 1.09 bits per heavy atom. The molecule has 0 saturated carbocycles. The Kier molecular flexibility index (Phi) is 7.96. The van der Waals surface area contributed by atoms with Gasteiger partial charge in [0, 0.05) is 36.1 Å². The number of β-amino-alcohol motifs (C(OH)–C–C–N with tert-alkyl or cyclic N) is 1. The molecule has 0 spiro atoms. The number of carbonyl (C=O) groups excluding carboxylic acids is 1. The molecule has 172 valence electrons. The van der Waals surface area contributed by atoms with E-state index in [0.29, 0.717) is 43.3 Å². The van der Waals surface area contributed by atoms with E-state index < -0.39 is 6.10 Å². The molecule has 1 atom stereocenters. The maximum atomic E-state index is 13.5. The highest BCUT2D eigenvalue weighted by Gasteiger charge is 2.24. The Morgan fingerprint density at radius 2 is 1.78 bits per heavy atom. The van der Waals surface area contributed by atoms with E-state index in [1.165, 1.54) is 0 Å². The molecule has 3 aromatic rings. The third-order valence-electron chi connectivity index (χ3n) is 6.01. The van der Waals surface area contributed by atoms with Gasteiger partial charge in [0.1, 0.15) is 5.75 Å². The number of morpholine rings is 1. The molecule has 2 aromatic carbocycles. The van der Waals surface area contributed by atoms with Crippen LogP contribution in [0.25, 0.3) is 10.9 Å². The van der Waals surface area contributed by atoms with Crippen LogP contribution in [-0.2, 0) is 11.3 Å². The summed E-state index contributed by atoms with van der Waals surface area (Å²) in [6, 6.07) is 13.4. The molecule has 1 fully saturated rings. The van der Waals surface area contributed by atoms with Crippen molar-refractivity contribution in [3.8, 4) is 5.75 Å². The minimum Gasteiger partial charge on any atom is -1.00 e. The molecule has 6 nitrogen and oxygen atoms in total. The molecule has 32 heavy (non-hydrogen) atoms. The van der Waals surface area contributed by atoms with Crippen molar-refractivity contribution in [3.05, 3.63) is 64.8 Å². The fourth-order valence-electron chi connectivity index (χ4n) is 4.35. The first kappa shape index (κ1) is 24.3. The largest absolute Gasteiger partial charge is 1.00 e. The van der Waals surface area contributed by atoms with Gasteiger partial charge in [0.25, 0.3) is 0 Å². The highest BCUT2D eigenvalue weighted by atomic mass is 35.5. The smallest absolute Gasteiger partial charge is 0.209 e. The fraction of sp³-hybridized carbons (Fsp3) is 0.400. The van der Waals surface area contributed by atoms with Crippen molar-refractivity contribution in [1.82, 2.24) is 9.47 Å². The van der Waals surface area contributed by atoms with Crippen LogP contribution >= 0.6 is 0 Å². The minimum atomic E-state index is -0.586. The van der Waals surface area contributed by atoms with E-state index in [-0.39, 0.29) is 18.2 Å². The number of benzene rings is 2. The summed E-state index contributed by atoms with van der Waals surface area (Å²) in [4.78, 5) is 15.8. The van der Waals surface area contributed by atoms with Crippen LogP contribution in [0.2, 0.25) is 0 Å². The molecular formula is C25H30ClN2O4-. The van der Waals surface area contributed by atoms with Gasteiger partial charge >= 0.3 is 0 Å². The molecule has 7 heteroatoms. The molecule has 1 unspecified atom stereocenters. The first-order valence-corrected chi connectivity index (χ1v) is 10.7. The van der Waals surface area contributed by atoms with Crippen LogP contribution in [0.4, 0.5) is 0 Å². The number of halogens is 1. The van der Waals surface area contributed by atoms with Gasteiger partial charge in [0.15, 0.2) is 0 Å². The quantitative estimate of drug-likeness (QED) is 0.513. The lowest BCUT2D eigenvalue weighted by Gasteiger charge is -2.29. The zero-order valence-corrected chi connectivity index (χ0v) is 19.6. The zero-order valence-electron chi connectivity index (χ0n) is 18.8. The lowest BCUT2D eigenvalue weighted by molar-refractivity contribution is -0.0000329. The minimum absolute atomic E-state index is 0. The summed E-state index contributed by atoms with van der Waals surface area (Å²) in [7, 11) is 1.61. The van der Waals surface area contributed by atoms with Crippen molar-refractivity contribution in [2.45, 2.75) is 26.5 Å². The average molecular weight is 458 g/mol. The number of aliphatic hydroxyl groups is 1. The molecule has 0 aliphatic carbocycles. The number of aliphatic hydroxyl groups excluding tert-OH is 1. The number of ketones is 1. The van der Waals surface area contributed by atoms with Gasteiger partial charge in [-0.15, -0.1) is 0 Å². The number of methoxy groups -OCH3 is 1.